The molecule has 23 heavy (non-hydrogen) atoms. The van der Waals surface area contributed by atoms with Gasteiger partial charge in [0.15, 0.2) is 5.76 Å². The minimum absolute atomic E-state index is 0.0182. The molecular formula is C13H20N2O8. The zero-order chi connectivity index (χ0) is 17.6. The van der Waals surface area contributed by atoms with E-state index in [-0.39, 0.29) is 23.6 Å². The van der Waals surface area contributed by atoms with E-state index in [0.29, 0.717) is 0 Å². The lowest BCUT2D eigenvalue weighted by Gasteiger charge is -2.32. The van der Waals surface area contributed by atoms with Crippen molar-refractivity contribution in [2.75, 3.05) is 26.9 Å². The fourth-order valence-electron chi connectivity index (χ4n) is 2.07. The van der Waals surface area contributed by atoms with Gasteiger partial charge in [-0.3, -0.25) is 4.79 Å². The van der Waals surface area contributed by atoms with Crippen LogP contribution in [-0.2, 0) is 14.3 Å². The number of carboxylic acids is 2. The molecule has 0 aromatic carbocycles. The van der Waals surface area contributed by atoms with Gasteiger partial charge in [0.2, 0.25) is 0 Å². The summed E-state index contributed by atoms with van der Waals surface area (Å²) in [4.78, 5) is 21.7. The average Bonchev–Trinajstić information content (AvgIpc) is 2.49. The standard InChI is InChI=1S/C13H20N2O8/c1-23-11-7(14-4-10(18)19)2-13(22,6-17)3-8(11)15-9(5-16)12(20)21/h3,9,14-17,22H,2,4-6H2,1H3,(H,18,19)(H,20,21). The van der Waals surface area contributed by atoms with Crippen molar-refractivity contribution in [2.24, 2.45) is 0 Å². The van der Waals surface area contributed by atoms with E-state index in [1.54, 1.807) is 0 Å². The van der Waals surface area contributed by atoms with Crippen LogP contribution in [-0.4, -0.2) is 76.0 Å². The Labute approximate surface area is 131 Å². The number of ether oxygens (including phenoxy) is 1. The van der Waals surface area contributed by atoms with Crippen molar-refractivity contribution in [3.8, 4) is 0 Å². The molecule has 7 N–H and O–H groups in total. The molecule has 2 atom stereocenters. The van der Waals surface area contributed by atoms with Crippen LogP contribution in [0.25, 0.3) is 0 Å². The molecule has 1 aliphatic carbocycles. The summed E-state index contributed by atoms with van der Waals surface area (Å²) in [5.41, 5.74) is -1.54. The Kier molecular flexibility index (Phi) is 6.37. The van der Waals surface area contributed by atoms with Crippen LogP contribution in [0.1, 0.15) is 6.42 Å². The van der Waals surface area contributed by atoms with Crippen molar-refractivity contribution >= 4 is 11.9 Å². The lowest BCUT2D eigenvalue weighted by Crippen LogP contribution is -2.45. The first-order valence-electron chi connectivity index (χ1n) is 6.65. The molecule has 0 saturated heterocycles. The lowest BCUT2D eigenvalue weighted by atomic mass is 9.91. The minimum atomic E-state index is -1.73. The molecule has 0 bridgehead atoms. The van der Waals surface area contributed by atoms with Crippen LogP contribution in [0.2, 0.25) is 0 Å². The molecule has 1 rings (SSSR count). The van der Waals surface area contributed by atoms with Crippen LogP contribution in [0.4, 0.5) is 0 Å². The predicted octanol–water partition coefficient (Wildman–Crippen LogP) is -2.44. The summed E-state index contributed by atoms with van der Waals surface area (Å²) in [5.74, 6) is -2.39. The number of nitrogens with one attached hydrogen (secondary N) is 2. The highest BCUT2D eigenvalue weighted by molar-refractivity contribution is 5.74. The molecule has 0 amide bonds. The number of aliphatic hydroxyl groups excluding tert-OH is 2. The van der Waals surface area contributed by atoms with Crippen molar-refractivity contribution in [2.45, 2.75) is 18.1 Å². The Morgan fingerprint density at radius 2 is 2.04 bits per heavy atom. The molecule has 130 valence electrons. The first kappa shape index (κ1) is 18.7. The molecule has 0 aliphatic heterocycles. The Morgan fingerprint density at radius 1 is 1.39 bits per heavy atom. The molecule has 0 aromatic heterocycles. The molecule has 0 heterocycles. The largest absolute Gasteiger partial charge is 0.493 e. The second-order valence-corrected chi connectivity index (χ2v) is 4.97. The third-order valence-electron chi connectivity index (χ3n) is 3.16. The number of hydrogen-bond donors (Lipinski definition) is 7. The molecule has 0 saturated carbocycles. The van der Waals surface area contributed by atoms with E-state index in [0.717, 1.165) is 0 Å². The lowest BCUT2D eigenvalue weighted by molar-refractivity contribution is -0.140. The molecule has 0 spiro atoms. The molecule has 1 aliphatic rings. The van der Waals surface area contributed by atoms with E-state index in [2.05, 4.69) is 10.6 Å². The highest BCUT2D eigenvalue weighted by Gasteiger charge is 2.35. The van der Waals surface area contributed by atoms with Crippen LogP contribution in [0, 0.1) is 0 Å². The normalized spacial score (nSPS) is 22.2. The molecule has 0 aromatic rings. The predicted molar refractivity (Wildman–Crippen MR) is 76.1 cm³/mol. The Hall–Kier alpha value is -2.30. The van der Waals surface area contributed by atoms with Crippen molar-refractivity contribution in [1.82, 2.24) is 10.6 Å². The smallest absolute Gasteiger partial charge is 0.328 e. The Bertz CT molecular complexity index is 530. The van der Waals surface area contributed by atoms with Gasteiger partial charge in [-0.1, -0.05) is 0 Å². The number of carbonyl (C=O) groups is 2. The van der Waals surface area contributed by atoms with Crippen LogP contribution < -0.4 is 10.6 Å². The third-order valence-corrected chi connectivity index (χ3v) is 3.16. The SMILES string of the molecule is COC1=C(NCC(=O)O)CC(O)(CO)C=C1NC(CO)C(=O)O. The van der Waals surface area contributed by atoms with Gasteiger partial charge in [-0.2, -0.15) is 0 Å². The zero-order valence-corrected chi connectivity index (χ0v) is 12.4. The van der Waals surface area contributed by atoms with E-state index in [4.69, 9.17) is 20.1 Å². The van der Waals surface area contributed by atoms with E-state index >= 15 is 0 Å². The second kappa shape index (κ2) is 7.81. The van der Waals surface area contributed by atoms with Gasteiger partial charge in [-0.25, -0.2) is 4.79 Å². The van der Waals surface area contributed by atoms with E-state index < -0.39 is 43.3 Å². The maximum Gasteiger partial charge on any atom is 0.328 e. The molecule has 0 radical (unpaired) electrons. The first-order chi connectivity index (χ1) is 10.8. The maximum absolute atomic E-state index is 11.0. The molecular weight excluding hydrogens is 312 g/mol. The van der Waals surface area contributed by atoms with Gasteiger partial charge in [-0.15, -0.1) is 0 Å². The van der Waals surface area contributed by atoms with Crippen LogP contribution in [0.15, 0.2) is 23.2 Å². The van der Waals surface area contributed by atoms with Crippen molar-refractivity contribution < 1.29 is 39.9 Å². The van der Waals surface area contributed by atoms with Crippen LogP contribution in [0.5, 0.6) is 0 Å². The van der Waals surface area contributed by atoms with E-state index in [1.165, 1.54) is 13.2 Å². The quantitative estimate of drug-likeness (QED) is 0.241. The number of rotatable bonds is 9. The fraction of sp³-hybridized carbons (Fsp3) is 0.538. The Balaban J connectivity index is 3.17. The van der Waals surface area contributed by atoms with Crippen molar-refractivity contribution in [3.05, 3.63) is 23.2 Å². The van der Waals surface area contributed by atoms with Gasteiger partial charge in [0.1, 0.15) is 18.2 Å². The average molecular weight is 332 g/mol. The first-order valence-corrected chi connectivity index (χ1v) is 6.65. The zero-order valence-electron chi connectivity index (χ0n) is 12.4. The summed E-state index contributed by atoms with van der Waals surface area (Å²) in [7, 11) is 1.28. The highest BCUT2D eigenvalue weighted by Crippen LogP contribution is 2.30. The summed E-state index contributed by atoms with van der Waals surface area (Å²) in [6, 6.07) is -1.37. The summed E-state index contributed by atoms with van der Waals surface area (Å²) >= 11 is 0. The summed E-state index contributed by atoms with van der Waals surface area (Å²) in [6.07, 6.45) is 1.02. The summed E-state index contributed by atoms with van der Waals surface area (Å²) < 4.78 is 5.14. The Morgan fingerprint density at radius 3 is 2.48 bits per heavy atom. The van der Waals surface area contributed by atoms with E-state index in [1.807, 2.05) is 0 Å². The number of aliphatic carboxylic acids is 2. The number of carboxylic acid groups (broad SMARTS) is 2. The van der Waals surface area contributed by atoms with Crippen molar-refractivity contribution in [3.63, 3.8) is 0 Å². The van der Waals surface area contributed by atoms with E-state index in [9.17, 15) is 19.8 Å². The molecule has 10 heteroatoms. The van der Waals surface area contributed by atoms with Gasteiger partial charge in [-0.05, 0) is 6.08 Å². The van der Waals surface area contributed by atoms with Crippen molar-refractivity contribution in [1.29, 1.82) is 0 Å². The number of methoxy groups -OCH3 is 1. The molecule has 10 nitrogen and oxygen atoms in total. The monoisotopic (exact) mass is 332 g/mol. The van der Waals surface area contributed by atoms with Gasteiger partial charge >= 0.3 is 11.9 Å². The van der Waals surface area contributed by atoms with Gasteiger partial charge in [0.05, 0.1) is 31.7 Å². The summed E-state index contributed by atoms with van der Waals surface area (Å²) in [5, 5.41) is 51.4. The van der Waals surface area contributed by atoms with Gasteiger partial charge in [0.25, 0.3) is 0 Å². The van der Waals surface area contributed by atoms with Crippen LogP contribution in [0.3, 0.4) is 0 Å². The van der Waals surface area contributed by atoms with Gasteiger partial charge in [0, 0.05) is 6.42 Å². The minimum Gasteiger partial charge on any atom is -0.493 e. The molecule has 2 unspecified atom stereocenters. The topological polar surface area (TPSA) is 169 Å². The third kappa shape index (κ3) is 4.84. The maximum atomic E-state index is 11.0. The molecule has 0 fully saturated rings. The van der Waals surface area contributed by atoms with Gasteiger partial charge < -0.3 is 40.9 Å². The number of hydrogen-bond acceptors (Lipinski definition) is 8. The highest BCUT2D eigenvalue weighted by atomic mass is 16.5. The fourth-order valence-corrected chi connectivity index (χ4v) is 2.07. The second-order valence-electron chi connectivity index (χ2n) is 4.97. The van der Waals surface area contributed by atoms with Crippen LogP contribution >= 0.6 is 0 Å². The number of aliphatic hydroxyl groups is 3. The summed E-state index contributed by atoms with van der Waals surface area (Å²) in [6.45, 7) is -1.86.